The quantitative estimate of drug-likeness (QED) is 0.716. The van der Waals surface area contributed by atoms with Crippen LogP contribution < -0.4 is 10.1 Å². The van der Waals surface area contributed by atoms with Crippen LogP contribution in [0.15, 0.2) is 23.2 Å². The molecule has 2 aliphatic rings. The molecule has 1 aliphatic heterocycles. The number of carbonyl (C=O) groups is 1. The summed E-state index contributed by atoms with van der Waals surface area (Å²) in [5, 5.41) is 3.20. The highest BCUT2D eigenvalue weighted by Crippen LogP contribution is 2.34. The summed E-state index contributed by atoms with van der Waals surface area (Å²) in [6.45, 7) is 6.89. The number of hydrogen-bond acceptors (Lipinski definition) is 3. The van der Waals surface area contributed by atoms with Gasteiger partial charge in [0.05, 0.1) is 12.6 Å². The topological polar surface area (TPSA) is 53.9 Å². The number of hydrogen-bond donors (Lipinski definition) is 1. The number of aryl methyl sites for hydroxylation is 1. The highest BCUT2D eigenvalue weighted by Gasteiger charge is 2.41. The third kappa shape index (κ3) is 4.82. The van der Waals surface area contributed by atoms with Gasteiger partial charge in [-0.15, -0.1) is 0 Å². The van der Waals surface area contributed by atoms with Crippen molar-refractivity contribution >= 4 is 17.9 Å². The molecule has 1 saturated heterocycles. The minimum Gasteiger partial charge on any atom is -0.484 e. The van der Waals surface area contributed by atoms with Gasteiger partial charge in [-0.05, 0) is 44.7 Å². The number of rotatable bonds is 6. The Morgan fingerprint density at radius 1 is 1.33 bits per heavy atom. The molecule has 1 heterocycles. The van der Waals surface area contributed by atoms with Gasteiger partial charge in [0.25, 0.3) is 0 Å². The summed E-state index contributed by atoms with van der Waals surface area (Å²) in [4.78, 5) is 19.0. The maximum atomic E-state index is 12.5. The van der Waals surface area contributed by atoms with Crippen molar-refractivity contribution < 1.29 is 9.53 Å². The lowest BCUT2D eigenvalue weighted by Gasteiger charge is -2.46. The number of amides is 2. The van der Waals surface area contributed by atoms with E-state index in [2.05, 4.69) is 37.1 Å². The fraction of sp³-hybridized carbons (Fsp3) is 0.636. The molecule has 0 bridgehead atoms. The lowest BCUT2D eigenvalue weighted by Crippen LogP contribution is -2.65. The van der Waals surface area contributed by atoms with Gasteiger partial charge < -0.3 is 15.0 Å². The van der Waals surface area contributed by atoms with E-state index in [1.54, 1.807) is 0 Å². The maximum absolute atomic E-state index is 12.5. The lowest BCUT2D eigenvalue weighted by molar-refractivity contribution is -0.00786. The Labute approximate surface area is 163 Å². The number of ether oxygens (including phenoxy) is 1. The monoisotopic (exact) mass is 371 g/mol. The molecule has 148 valence electrons. The van der Waals surface area contributed by atoms with Crippen LogP contribution in [0.4, 0.5) is 10.5 Å². The largest absolute Gasteiger partial charge is 0.484 e. The Bertz CT molecular complexity index is 668. The molecule has 0 spiro atoms. The van der Waals surface area contributed by atoms with Gasteiger partial charge in [-0.2, -0.15) is 0 Å². The molecule has 2 amide bonds. The zero-order valence-corrected chi connectivity index (χ0v) is 16.9. The first-order valence-corrected chi connectivity index (χ1v) is 10.5. The summed E-state index contributed by atoms with van der Waals surface area (Å²) in [7, 11) is 0. The van der Waals surface area contributed by atoms with E-state index >= 15 is 0 Å². The van der Waals surface area contributed by atoms with Gasteiger partial charge in [0, 0.05) is 12.3 Å². The van der Waals surface area contributed by atoms with Crippen LogP contribution in [0.3, 0.4) is 0 Å². The molecule has 1 N–H and O–H groups in total. The van der Waals surface area contributed by atoms with Gasteiger partial charge >= 0.3 is 6.03 Å². The fourth-order valence-electron chi connectivity index (χ4n) is 3.82. The smallest absolute Gasteiger partial charge is 0.318 e. The SMILES string of the molecule is CCC/C=N\c1c(C)cccc1OC1CN(C(=O)NC2CCCCC2)C1C. The molecule has 0 aromatic heterocycles. The van der Waals surface area contributed by atoms with Crippen molar-refractivity contribution in [1.82, 2.24) is 10.2 Å². The summed E-state index contributed by atoms with van der Waals surface area (Å²) >= 11 is 0. The van der Waals surface area contributed by atoms with Crippen molar-refractivity contribution in [2.24, 2.45) is 4.99 Å². The van der Waals surface area contributed by atoms with Crippen LogP contribution in [0.1, 0.15) is 64.4 Å². The van der Waals surface area contributed by atoms with Crippen LogP contribution in [0, 0.1) is 6.92 Å². The Morgan fingerprint density at radius 2 is 2.11 bits per heavy atom. The van der Waals surface area contributed by atoms with E-state index < -0.39 is 0 Å². The van der Waals surface area contributed by atoms with Crippen molar-refractivity contribution in [3.63, 3.8) is 0 Å². The summed E-state index contributed by atoms with van der Waals surface area (Å²) in [6, 6.07) is 6.50. The first-order chi connectivity index (χ1) is 13.1. The first kappa shape index (κ1) is 19.7. The molecule has 2 unspecified atom stereocenters. The normalized spacial score (nSPS) is 23.3. The van der Waals surface area contributed by atoms with E-state index in [0.717, 1.165) is 42.7 Å². The number of para-hydroxylation sites is 1. The van der Waals surface area contributed by atoms with Crippen molar-refractivity contribution in [2.75, 3.05) is 6.54 Å². The molecule has 5 nitrogen and oxygen atoms in total. The Morgan fingerprint density at radius 3 is 2.81 bits per heavy atom. The minimum atomic E-state index is 0.0176. The number of urea groups is 1. The van der Waals surface area contributed by atoms with E-state index in [0.29, 0.717) is 12.6 Å². The van der Waals surface area contributed by atoms with Crippen molar-refractivity contribution in [3.8, 4) is 5.75 Å². The molecule has 27 heavy (non-hydrogen) atoms. The molecular weight excluding hydrogens is 338 g/mol. The Balaban J connectivity index is 1.57. The van der Waals surface area contributed by atoms with Gasteiger partial charge in [0.1, 0.15) is 17.5 Å². The van der Waals surface area contributed by atoms with E-state index in [-0.39, 0.29) is 18.2 Å². The standard InChI is InChI=1S/C22H33N3O2/c1-4-5-14-23-21-16(2)10-9-13-19(21)27-20-15-25(17(20)3)22(26)24-18-11-7-6-8-12-18/h9-10,13-14,17-18,20H,4-8,11-12,15H2,1-3H3,(H,24,26)/b23-14-. The van der Waals surface area contributed by atoms with Crippen LogP contribution in [0.5, 0.6) is 5.75 Å². The van der Waals surface area contributed by atoms with Crippen LogP contribution >= 0.6 is 0 Å². The molecule has 1 aromatic rings. The molecular formula is C22H33N3O2. The zero-order chi connectivity index (χ0) is 19.2. The molecule has 2 atom stereocenters. The van der Waals surface area contributed by atoms with Gasteiger partial charge in [-0.25, -0.2) is 4.79 Å². The molecule has 0 radical (unpaired) electrons. The lowest BCUT2D eigenvalue weighted by atomic mass is 9.95. The highest BCUT2D eigenvalue weighted by atomic mass is 16.5. The summed E-state index contributed by atoms with van der Waals surface area (Å²) < 4.78 is 6.24. The number of carbonyl (C=O) groups excluding carboxylic acids is 1. The van der Waals surface area contributed by atoms with Crippen molar-refractivity contribution in [3.05, 3.63) is 23.8 Å². The molecule has 3 rings (SSSR count). The van der Waals surface area contributed by atoms with E-state index in [1.165, 1.54) is 19.3 Å². The number of likely N-dealkylation sites (tertiary alicyclic amines) is 1. The highest BCUT2D eigenvalue weighted by molar-refractivity contribution is 5.76. The third-order valence-electron chi connectivity index (χ3n) is 5.72. The minimum absolute atomic E-state index is 0.0176. The molecule has 1 aromatic carbocycles. The average Bonchev–Trinajstić information content (AvgIpc) is 2.67. The Kier molecular flexibility index (Phi) is 6.75. The molecule has 1 aliphatic carbocycles. The zero-order valence-electron chi connectivity index (χ0n) is 16.9. The molecule has 1 saturated carbocycles. The van der Waals surface area contributed by atoms with Crippen LogP contribution in [0.25, 0.3) is 0 Å². The number of unbranched alkanes of at least 4 members (excludes halogenated alkanes) is 1. The third-order valence-corrected chi connectivity index (χ3v) is 5.72. The first-order valence-electron chi connectivity index (χ1n) is 10.5. The predicted octanol–water partition coefficient (Wildman–Crippen LogP) is 4.99. The summed E-state index contributed by atoms with van der Waals surface area (Å²) in [5.41, 5.74) is 2.02. The number of aliphatic imine (C=N–C) groups is 1. The average molecular weight is 372 g/mol. The van der Waals surface area contributed by atoms with Gasteiger partial charge in [-0.3, -0.25) is 4.99 Å². The second kappa shape index (κ2) is 9.25. The summed E-state index contributed by atoms with van der Waals surface area (Å²) in [6.07, 6.45) is 9.97. The number of nitrogens with one attached hydrogen (secondary N) is 1. The van der Waals surface area contributed by atoms with Gasteiger partial charge in [-0.1, -0.05) is 44.7 Å². The summed E-state index contributed by atoms with van der Waals surface area (Å²) in [5.74, 6) is 0.812. The van der Waals surface area contributed by atoms with Crippen LogP contribution in [-0.2, 0) is 0 Å². The van der Waals surface area contributed by atoms with E-state index in [9.17, 15) is 4.79 Å². The molecule has 5 heteroatoms. The van der Waals surface area contributed by atoms with Gasteiger partial charge in [0.2, 0.25) is 0 Å². The maximum Gasteiger partial charge on any atom is 0.318 e. The van der Waals surface area contributed by atoms with Crippen LogP contribution in [-0.4, -0.2) is 41.9 Å². The second-order valence-electron chi connectivity index (χ2n) is 7.86. The number of nitrogens with zero attached hydrogens (tertiary/aromatic N) is 2. The van der Waals surface area contributed by atoms with Crippen LogP contribution in [0.2, 0.25) is 0 Å². The molecule has 2 fully saturated rings. The van der Waals surface area contributed by atoms with Crippen molar-refractivity contribution in [2.45, 2.75) is 83.9 Å². The van der Waals surface area contributed by atoms with Crippen molar-refractivity contribution in [1.29, 1.82) is 0 Å². The Hall–Kier alpha value is -2.04. The van der Waals surface area contributed by atoms with Gasteiger partial charge in [0.15, 0.2) is 0 Å². The van der Waals surface area contributed by atoms with E-state index in [4.69, 9.17) is 4.74 Å². The second-order valence-corrected chi connectivity index (χ2v) is 7.86. The fourth-order valence-corrected chi connectivity index (χ4v) is 3.82. The van der Waals surface area contributed by atoms with E-state index in [1.807, 2.05) is 23.2 Å². The predicted molar refractivity (Wildman–Crippen MR) is 110 cm³/mol. The number of benzene rings is 1.